The van der Waals surface area contributed by atoms with Gasteiger partial charge in [-0.1, -0.05) is 32.0 Å². The van der Waals surface area contributed by atoms with Crippen LogP contribution in [0, 0.1) is 17.3 Å². The van der Waals surface area contributed by atoms with Gasteiger partial charge >= 0.3 is 19.0 Å². The van der Waals surface area contributed by atoms with Gasteiger partial charge in [-0.25, -0.2) is 4.79 Å². The number of para-hydroxylation sites is 1. The van der Waals surface area contributed by atoms with E-state index in [1.165, 1.54) is 7.11 Å². The second kappa shape index (κ2) is 7.10. The lowest BCUT2D eigenvalue weighted by Gasteiger charge is -2.64. The molecule has 6 rings (SSSR count). The lowest BCUT2D eigenvalue weighted by molar-refractivity contribution is -0.199. The number of hydrogen-bond acceptors (Lipinski definition) is 6. The number of benzene rings is 1. The van der Waals surface area contributed by atoms with Gasteiger partial charge in [0.1, 0.15) is 5.58 Å². The second-order valence-corrected chi connectivity index (χ2v) is 9.87. The highest BCUT2D eigenvalue weighted by Crippen LogP contribution is 2.65. The Morgan fingerprint density at radius 1 is 1.26 bits per heavy atom. The Morgan fingerprint density at radius 2 is 2.03 bits per heavy atom. The fraction of sp³-hybridized carbons (Fsp3) is 0.565. The topological polar surface area (TPSA) is 87.0 Å². The molecule has 1 aromatic heterocycles. The minimum absolute atomic E-state index is 0.0205. The van der Waals surface area contributed by atoms with Crippen molar-refractivity contribution in [1.82, 2.24) is 5.32 Å². The van der Waals surface area contributed by atoms with E-state index in [0.29, 0.717) is 18.3 Å². The lowest BCUT2D eigenvalue weighted by Crippen LogP contribution is -2.65. The van der Waals surface area contributed by atoms with Crippen molar-refractivity contribution in [2.45, 2.75) is 57.7 Å². The van der Waals surface area contributed by atoms with E-state index in [4.69, 9.17) is 13.7 Å². The first-order valence-electron chi connectivity index (χ1n) is 10.9. The Balaban J connectivity index is 1.42. The van der Waals surface area contributed by atoms with Gasteiger partial charge in [0, 0.05) is 5.39 Å². The summed E-state index contributed by atoms with van der Waals surface area (Å²) in [6.45, 7) is 6.74. The van der Waals surface area contributed by atoms with Gasteiger partial charge in [-0.05, 0) is 55.1 Å². The third-order valence-corrected chi connectivity index (χ3v) is 7.99. The number of rotatable bonds is 4. The van der Waals surface area contributed by atoms with Crippen molar-refractivity contribution in [2.75, 3.05) is 7.11 Å². The summed E-state index contributed by atoms with van der Waals surface area (Å²) >= 11 is 0. The Labute approximate surface area is 181 Å². The largest absolute Gasteiger partial charge is 0.482 e. The number of ether oxygens (including phenoxy) is 1. The maximum Gasteiger partial charge on any atom is 0.482 e. The lowest BCUT2D eigenvalue weighted by atomic mass is 9.43. The van der Waals surface area contributed by atoms with Crippen LogP contribution < -0.4 is 5.32 Å². The summed E-state index contributed by atoms with van der Waals surface area (Å²) in [5.41, 5.74) is 1.50. The number of methoxy groups -OCH3 is 1. The van der Waals surface area contributed by atoms with E-state index in [1.807, 2.05) is 24.3 Å². The summed E-state index contributed by atoms with van der Waals surface area (Å²) in [5.74, 6) is -1.28. The molecule has 1 aliphatic heterocycles. The first-order valence-corrected chi connectivity index (χ1v) is 10.9. The fourth-order valence-electron chi connectivity index (χ4n) is 6.03. The molecule has 1 aromatic carbocycles. The van der Waals surface area contributed by atoms with Crippen molar-refractivity contribution in [2.24, 2.45) is 17.3 Å². The highest BCUT2D eigenvalue weighted by molar-refractivity contribution is 6.49. The standard InChI is InChI=1S/C23H28BNO6/c1-22(2)14-10-17(22)23(3)18(11-14)30-24(31-23)19(25-20(26)21(27)28-4)9-13-12-29-16-8-6-5-7-15(13)16/h5-8,12,14,17-19H,9-11H2,1-4H3,(H,25,26)/t14-,17-,18+,19-,23-/m0/s1. The normalized spacial score (nSPS) is 31.6. The number of esters is 1. The van der Waals surface area contributed by atoms with Crippen molar-refractivity contribution >= 4 is 30.0 Å². The van der Waals surface area contributed by atoms with Crippen molar-refractivity contribution in [3.05, 3.63) is 36.1 Å². The molecule has 3 saturated carbocycles. The molecule has 1 amide bonds. The average molecular weight is 425 g/mol. The van der Waals surface area contributed by atoms with Crippen LogP contribution in [0.4, 0.5) is 0 Å². The van der Waals surface area contributed by atoms with Gasteiger partial charge in [-0.2, -0.15) is 0 Å². The minimum atomic E-state index is -0.938. The van der Waals surface area contributed by atoms with Crippen LogP contribution in [-0.2, 0) is 30.1 Å². The van der Waals surface area contributed by atoms with E-state index in [0.717, 1.165) is 29.4 Å². The number of fused-ring (bicyclic) bond motifs is 1. The molecule has 0 radical (unpaired) electrons. The number of amides is 1. The molecular weight excluding hydrogens is 397 g/mol. The van der Waals surface area contributed by atoms with Gasteiger partial charge in [0.25, 0.3) is 0 Å². The predicted octanol–water partition coefficient (Wildman–Crippen LogP) is 2.90. The van der Waals surface area contributed by atoms with Gasteiger partial charge in [0.15, 0.2) is 0 Å². The molecule has 4 fully saturated rings. The van der Waals surface area contributed by atoms with E-state index in [2.05, 4.69) is 30.8 Å². The molecule has 8 heteroatoms. The van der Waals surface area contributed by atoms with E-state index < -0.39 is 30.5 Å². The summed E-state index contributed by atoms with van der Waals surface area (Å²) in [7, 11) is 0.529. The quantitative estimate of drug-likeness (QED) is 0.461. The van der Waals surface area contributed by atoms with Crippen LogP contribution in [0.15, 0.2) is 34.9 Å². The monoisotopic (exact) mass is 425 g/mol. The van der Waals surface area contributed by atoms with Crippen molar-refractivity contribution in [3.63, 3.8) is 0 Å². The molecule has 2 bridgehead atoms. The fourth-order valence-corrected chi connectivity index (χ4v) is 6.03. The van der Waals surface area contributed by atoms with Gasteiger partial charge in [0.05, 0.1) is 31.0 Å². The second-order valence-electron chi connectivity index (χ2n) is 9.87. The minimum Gasteiger partial charge on any atom is -0.464 e. The number of hydrogen-bond donors (Lipinski definition) is 1. The third-order valence-electron chi connectivity index (χ3n) is 7.99. The average Bonchev–Trinajstić information content (AvgIpc) is 3.32. The van der Waals surface area contributed by atoms with Crippen molar-refractivity contribution in [1.29, 1.82) is 0 Å². The van der Waals surface area contributed by atoms with Gasteiger partial charge in [-0.15, -0.1) is 0 Å². The smallest absolute Gasteiger partial charge is 0.464 e. The first kappa shape index (κ1) is 20.6. The molecule has 1 N–H and O–H groups in total. The van der Waals surface area contributed by atoms with Crippen LogP contribution in [-0.4, -0.2) is 43.8 Å². The molecule has 7 nitrogen and oxygen atoms in total. The number of nitrogens with one attached hydrogen (secondary N) is 1. The van der Waals surface area contributed by atoms with Gasteiger partial charge < -0.3 is 23.8 Å². The molecule has 2 aromatic rings. The Morgan fingerprint density at radius 3 is 2.77 bits per heavy atom. The number of carbonyl (C=O) groups is 2. The molecule has 1 saturated heterocycles. The van der Waals surface area contributed by atoms with E-state index >= 15 is 0 Å². The highest BCUT2D eigenvalue weighted by Gasteiger charge is 2.68. The molecular formula is C23H28BNO6. The maximum atomic E-state index is 12.4. The predicted molar refractivity (Wildman–Crippen MR) is 114 cm³/mol. The van der Waals surface area contributed by atoms with Crippen LogP contribution in [0.5, 0.6) is 0 Å². The van der Waals surface area contributed by atoms with Crippen molar-refractivity contribution < 1.29 is 28.1 Å². The molecule has 2 heterocycles. The zero-order valence-electron chi connectivity index (χ0n) is 18.3. The molecule has 0 unspecified atom stereocenters. The zero-order chi connectivity index (χ0) is 22.0. The molecule has 164 valence electrons. The summed E-state index contributed by atoms with van der Waals surface area (Å²) in [6.07, 6.45) is 4.16. The number of carbonyl (C=O) groups excluding carboxylic acids is 2. The third kappa shape index (κ3) is 3.11. The molecule has 5 atom stereocenters. The summed E-state index contributed by atoms with van der Waals surface area (Å²) < 4.78 is 23.2. The molecule has 0 spiro atoms. The molecule has 31 heavy (non-hydrogen) atoms. The van der Waals surface area contributed by atoms with Crippen molar-refractivity contribution in [3.8, 4) is 0 Å². The van der Waals surface area contributed by atoms with Crippen LogP contribution >= 0.6 is 0 Å². The van der Waals surface area contributed by atoms with E-state index in [9.17, 15) is 9.59 Å². The van der Waals surface area contributed by atoms with E-state index in [-0.39, 0.29) is 11.5 Å². The van der Waals surface area contributed by atoms with Gasteiger partial charge in [-0.3, -0.25) is 4.79 Å². The van der Waals surface area contributed by atoms with Crippen LogP contribution in [0.25, 0.3) is 11.0 Å². The molecule has 3 aliphatic carbocycles. The molecule has 4 aliphatic rings. The maximum absolute atomic E-state index is 12.4. The Kier molecular flexibility index (Phi) is 4.72. The number of furan rings is 1. The van der Waals surface area contributed by atoms with E-state index in [1.54, 1.807) is 6.26 Å². The van der Waals surface area contributed by atoms with Crippen LogP contribution in [0.2, 0.25) is 0 Å². The highest BCUT2D eigenvalue weighted by atomic mass is 16.7. The van der Waals surface area contributed by atoms with Crippen LogP contribution in [0.3, 0.4) is 0 Å². The summed E-state index contributed by atoms with van der Waals surface area (Å²) in [6, 6.07) is 7.72. The SMILES string of the molecule is COC(=O)C(=O)N[C@@H](Cc1coc2ccccc12)B1O[C@@H]2C[C@@H]3C[C@@H](C3(C)C)[C@]2(C)O1. The zero-order valence-corrected chi connectivity index (χ0v) is 18.3. The summed E-state index contributed by atoms with van der Waals surface area (Å²) in [5, 5.41) is 3.75. The summed E-state index contributed by atoms with van der Waals surface area (Å²) in [4.78, 5) is 24.2. The Hall–Kier alpha value is -2.32. The van der Waals surface area contributed by atoms with Gasteiger partial charge in [0.2, 0.25) is 0 Å². The van der Waals surface area contributed by atoms with Crippen LogP contribution in [0.1, 0.15) is 39.2 Å². The first-order chi connectivity index (χ1) is 14.7. The Bertz CT molecular complexity index is 1030.